The minimum absolute atomic E-state index is 0.0808. The third kappa shape index (κ3) is 10.2. The lowest BCUT2D eigenvalue weighted by Gasteiger charge is -2.29. The summed E-state index contributed by atoms with van der Waals surface area (Å²) >= 11 is 0. The quantitative estimate of drug-likeness (QED) is 0.122. The van der Waals surface area contributed by atoms with Gasteiger partial charge in [0.1, 0.15) is 11.5 Å². The van der Waals surface area contributed by atoms with Crippen LogP contribution in [-0.4, -0.2) is 76.7 Å². The second kappa shape index (κ2) is 15.9. The largest absolute Gasteiger partial charge is 0.508 e. The van der Waals surface area contributed by atoms with Crippen molar-refractivity contribution in [3.05, 3.63) is 130 Å². The van der Waals surface area contributed by atoms with E-state index in [0.29, 0.717) is 0 Å². The summed E-state index contributed by atoms with van der Waals surface area (Å²) in [6.07, 6.45) is -0.0808. The number of aromatic hydroxyl groups is 2. The van der Waals surface area contributed by atoms with Crippen LogP contribution in [0.1, 0.15) is 76.3 Å². The molecule has 0 bridgehead atoms. The highest BCUT2D eigenvalue weighted by Gasteiger charge is 2.31. The fourth-order valence-corrected chi connectivity index (χ4v) is 4.13. The van der Waals surface area contributed by atoms with E-state index < -0.39 is 52.4 Å². The number of benzene rings is 4. The Morgan fingerprint density at radius 2 is 0.809 bits per heavy atom. The average Bonchev–Trinajstić information content (AvgIpc) is 3.01. The van der Waals surface area contributed by atoms with E-state index in [1.54, 1.807) is 24.3 Å². The number of phenolic OH excluding ortho intramolecular Hbond substituents is 2. The molecule has 0 radical (unpaired) electrons. The minimum Gasteiger partial charge on any atom is -0.508 e. The first kappa shape index (κ1) is 36.5. The van der Waals surface area contributed by atoms with Crippen molar-refractivity contribution in [1.82, 2.24) is 0 Å². The molecule has 47 heavy (non-hydrogen) atoms. The number of aromatic carboxylic acids is 5. The molecule has 4 aromatic carbocycles. The second-order valence-electron chi connectivity index (χ2n) is 9.86. The van der Waals surface area contributed by atoms with Crippen molar-refractivity contribution >= 4 is 35.8 Å². The van der Waals surface area contributed by atoms with Crippen molar-refractivity contribution < 1.29 is 69.6 Å². The number of phenols is 2. The van der Waals surface area contributed by atoms with E-state index in [1.165, 1.54) is 48.5 Å². The molecule has 0 atom stereocenters. The molecule has 0 fully saturated rings. The van der Waals surface area contributed by atoms with Crippen LogP contribution < -0.4 is 0 Å². The Bertz CT molecular complexity index is 1700. The summed E-state index contributed by atoms with van der Waals surface area (Å²) < 4.78 is 0. The van der Waals surface area contributed by atoms with Crippen LogP contribution in [0.15, 0.2) is 91.0 Å². The molecular weight excluding hydrogens is 620 g/mol. The van der Waals surface area contributed by atoms with Gasteiger partial charge in [0.15, 0.2) is 0 Å². The molecular formula is C33H28O14. The molecule has 8 N–H and O–H groups in total. The molecule has 4 aromatic rings. The Balaban J connectivity index is 0.000000254. The fraction of sp³-hybridized carbons (Fsp3) is 0.0909. The van der Waals surface area contributed by atoms with Gasteiger partial charge in [-0.25, -0.2) is 24.0 Å². The van der Waals surface area contributed by atoms with Crippen molar-refractivity contribution in [2.45, 2.75) is 18.8 Å². The summed E-state index contributed by atoms with van der Waals surface area (Å²) in [5.74, 6) is -6.96. The summed E-state index contributed by atoms with van der Waals surface area (Å²) in [5.41, 5.74) is -0.216. The van der Waals surface area contributed by atoms with Gasteiger partial charge in [-0.3, -0.25) is 4.79 Å². The van der Waals surface area contributed by atoms with Crippen LogP contribution in [0.2, 0.25) is 0 Å². The highest BCUT2D eigenvalue weighted by Crippen LogP contribution is 2.36. The topological polar surface area (TPSA) is 264 Å². The van der Waals surface area contributed by atoms with Crippen molar-refractivity contribution in [1.29, 1.82) is 0 Å². The number of carboxylic acids is 6. The molecule has 0 saturated heterocycles. The van der Waals surface area contributed by atoms with E-state index in [0.717, 1.165) is 29.3 Å². The lowest BCUT2D eigenvalue weighted by molar-refractivity contribution is -0.138. The normalized spacial score (nSPS) is 10.2. The summed E-state index contributed by atoms with van der Waals surface area (Å²) in [6.45, 7) is 1.83. The Morgan fingerprint density at radius 3 is 1.11 bits per heavy atom. The van der Waals surface area contributed by atoms with Crippen molar-refractivity contribution in [3.63, 3.8) is 0 Å². The Morgan fingerprint density at radius 1 is 0.468 bits per heavy atom. The Kier molecular flexibility index (Phi) is 12.3. The predicted molar refractivity (Wildman–Crippen MR) is 163 cm³/mol. The van der Waals surface area contributed by atoms with Gasteiger partial charge in [-0.05, 0) is 77.9 Å². The lowest BCUT2D eigenvalue weighted by Crippen LogP contribution is -2.27. The van der Waals surface area contributed by atoms with Crippen LogP contribution in [0.4, 0.5) is 0 Å². The average molecular weight is 649 g/mol. The monoisotopic (exact) mass is 648 g/mol. The Labute approximate surface area is 265 Å². The third-order valence-corrected chi connectivity index (χ3v) is 6.62. The zero-order valence-electron chi connectivity index (χ0n) is 24.4. The molecule has 14 heteroatoms. The van der Waals surface area contributed by atoms with Crippen molar-refractivity contribution in [2.75, 3.05) is 0 Å². The lowest BCUT2D eigenvalue weighted by atomic mass is 9.74. The van der Waals surface area contributed by atoms with Crippen molar-refractivity contribution in [3.8, 4) is 11.5 Å². The van der Waals surface area contributed by atoms with Gasteiger partial charge in [0.2, 0.25) is 0 Å². The van der Waals surface area contributed by atoms with Crippen LogP contribution in [-0.2, 0) is 10.2 Å². The molecule has 14 nitrogen and oxygen atoms in total. The third-order valence-electron chi connectivity index (χ3n) is 6.62. The van der Waals surface area contributed by atoms with E-state index >= 15 is 0 Å². The number of hydrogen-bond acceptors (Lipinski definition) is 8. The fourth-order valence-electron chi connectivity index (χ4n) is 4.13. The zero-order chi connectivity index (χ0) is 35.5. The van der Waals surface area contributed by atoms with E-state index in [4.69, 9.17) is 25.5 Å². The predicted octanol–water partition coefficient (Wildman–Crippen LogP) is 4.74. The number of carbonyl (C=O) groups is 6. The highest BCUT2D eigenvalue weighted by atomic mass is 16.4. The summed E-state index contributed by atoms with van der Waals surface area (Å²) in [7, 11) is 0. The molecule has 0 aliphatic rings. The summed E-state index contributed by atoms with van der Waals surface area (Å²) in [5, 5.41) is 70.7. The number of hydrogen-bond donors (Lipinski definition) is 8. The Hall–Kier alpha value is -6.70. The van der Waals surface area contributed by atoms with Gasteiger partial charge in [-0.2, -0.15) is 0 Å². The first-order valence-electron chi connectivity index (χ1n) is 13.2. The number of aliphatic carboxylic acids is 1. The van der Waals surface area contributed by atoms with Crippen LogP contribution in [0.5, 0.6) is 11.5 Å². The van der Waals surface area contributed by atoms with Gasteiger partial charge < -0.3 is 40.9 Å². The molecule has 0 heterocycles. The standard InChI is InChI=1S/C16H16O4.C9H6O6.C8H6O4/c1-16(10-15(19)20,11-2-6-13(17)7-3-11)12-4-8-14(18)9-5-12;10-7(11)4-1-2-5(8(12)13)6(3-4)9(14)15;9-7(10)5-1-2-6(4-3-5)8(11)12/h2-9,17-18H,10H2,1H3,(H,19,20);1-3H,(H,10,11)(H,12,13)(H,14,15);1-4H,(H,9,10)(H,11,12). The SMILES string of the molecule is CC(CC(=O)O)(c1ccc(O)cc1)c1ccc(O)cc1.O=C(O)c1ccc(C(=O)O)c(C(=O)O)c1.O=C(O)c1ccc(C(=O)O)cc1. The van der Waals surface area contributed by atoms with E-state index in [1.807, 2.05) is 6.92 Å². The van der Waals surface area contributed by atoms with Gasteiger partial charge in [-0.1, -0.05) is 31.2 Å². The molecule has 4 rings (SSSR count). The minimum atomic E-state index is -1.48. The van der Waals surface area contributed by atoms with Gasteiger partial charge >= 0.3 is 35.8 Å². The highest BCUT2D eigenvalue weighted by molar-refractivity contribution is 6.03. The number of carboxylic acid groups (broad SMARTS) is 6. The molecule has 0 amide bonds. The van der Waals surface area contributed by atoms with Crippen LogP contribution >= 0.6 is 0 Å². The molecule has 0 unspecified atom stereocenters. The zero-order valence-corrected chi connectivity index (χ0v) is 24.4. The molecule has 0 aromatic heterocycles. The molecule has 0 saturated carbocycles. The summed E-state index contributed by atoms with van der Waals surface area (Å²) in [6, 6.07) is 20.8. The second-order valence-corrected chi connectivity index (χ2v) is 9.86. The summed E-state index contributed by atoms with van der Waals surface area (Å²) in [4.78, 5) is 63.6. The maximum atomic E-state index is 11.2. The first-order valence-corrected chi connectivity index (χ1v) is 13.2. The van der Waals surface area contributed by atoms with Gasteiger partial charge in [0.05, 0.1) is 34.2 Å². The van der Waals surface area contributed by atoms with Crippen LogP contribution in [0.25, 0.3) is 0 Å². The first-order chi connectivity index (χ1) is 22.0. The number of rotatable bonds is 9. The van der Waals surface area contributed by atoms with Gasteiger partial charge in [0, 0.05) is 5.41 Å². The smallest absolute Gasteiger partial charge is 0.336 e. The van der Waals surface area contributed by atoms with Gasteiger partial charge in [-0.15, -0.1) is 0 Å². The van der Waals surface area contributed by atoms with Gasteiger partial charge in [0.25, 0.3) is 0 Å². The molecule has 0 spiro atoms. The van der Waals surface area contributed by atoms with Crippen LogP contribution in [0, 0.1) is 0 Å². The van der Waals surface area contributed by atoms with E-state index in [2.05, 4.69) is 0 Å². The van der Waals surface area contributed by atoms with E-state index in [9.17, 15) is 44.1 Å². The van der Waals surface area contributed by atoms with Crippen molar-refractivity contribution in [2.24, 2.45) is 0 Å². The van der Waals surface area contributed by atoms with Crippen LogP contribution in [0.3, 0.4) is 0 Å². The molecule has 0 aliphatic carbocycles. The molecule has 0 aliphatic heterocycles. The maximum absolute atomic E-state index is 11.2. The van der Waals surface area contributed by atoms with E-state index in [-0.39, 0.29) is 34.6 Å². The maximum Gasteiger partial charge on any atom is 0.336 e. The molecule has 244 valence electrons.